The first-order valence-electron chi connectivity index (χ1n) is 4.15. The number of nitrogen functional groups attached to an aromatic ring is 1. The van der Waals surface area contributed by atoms with Crippen molar-refractivity contribution in [3.05, 3.63) is 29.6 Å². The van der Waals surface area contributed by atoms with Crippen molar-refractivity contribution in [3.8, 4) is 0 Å². The molecular weight excluding hydrogens is 205 g/mol. The zero-order valence-corrected chi connectivity index (χ0v) is 8.55. The predicted octanol–water partition coefficient (Wildman–Crippen LogP) is 1.56. The Balaban J connectivity index is 2.91. The van der Waals surface area contributed by atoms with E-state index < -0.39 is 22.1 Å². The molecule has 0 aliphatic rings. The van der Waals surface area contributed by atoms with Gasteiger partial charge in [-0.2, -0.15) is 0 Å². The summed E-state index contributed by atoms with van der Waals surface area (Å²) in [6.07, 6.45) is 0.168. The molecule has 0 radical (unpaired) electrons. The first-order chi connectivity index (χ1) is 6.52. The van der Waals surface area contributed by atoms with E-state index in [9.17, 15) is 8.60 Å². The van der Waals surface area contributed by atoms with Crippen molar-refractivity contribution in [2.75, 3.05) is 5.73 Å². The second-order valence-corrected chi connectivity index (χ2v) is 4.46. The van der Waals surface area contributed by atoms with Gasteiger partial charge in [-0.05, 0) is 25.5 Å². The number of benzene rings is 1. The van der Waals surface area contributed by atoms with Crippen LogP contribution in [0.2, 0.25) is 0 Å². The van der Waals surface area contributed by atoms with Gasteiger partial charge in [0.2, 0.25) is 0 Å². The van der Waals surface area contributed by atoms with Crippen molar-refractivity contribution in [1.82, 2.24) is 0 Å². The minimum Gasteiger partial charge on any atom is -0.398 e. The molecule has 14 heavy (non-hydrogen) atoms. The third kappa shape index (κ3) is 2.52. The zero-order valence-electron chi connectivity index (χ0n) is 7.74. The normalized spacial score (nSPS) is 15.1. The van der Waals surface area contributed by atoms with Crippen molar-refractivity contribution in [3.63, 3.8) is 0 Å². The molecule has 0 aromatic heterocycles. The van der Waals surface area contributed by atoms with E-state index in [0.717, 1.165) is 0 Å². The molecule has 5 heteroatoms. The van der Waals surface area contributed by atoms with E-state index in [1.165, 1.54) is 12.1 Å². The molecule has 0 saturated heterocycles. The molecule has 0 saturated carbocycles. The van der Waals surface area contributed by atoms with Crippen LogP contribution in [0.15, 0.2) is 18.2 Å². The highest BCUT2D eigenvalue weighted by Gasteiger charge is 2.14. The number of halogens is 1. The first-order valence-corrected chi connectivity index (χ1v) is 5.32. The van der Waals surface area contributed by atoms with Gasteiger partial charge in [-0.25, -0.2) is 8.60 Å². The van der Waals surface area contributed by atoms with Gasteiger partial charge in [0.25, 0.3) is 0 Å². The summed E-state index contributed by atoms with van der Waals surface area (Å²) in [6.45, 7) is 1.57. The van der Waals surface area contributed by atoms with Crippen LogP contribution in [-0.2, 0) is 17.5 Å². The summed E-state index contributed by atoms with van der Waals surface area (Å²) in [5.41, 5.74) is 6.18. The molecule has 0 aliphatic carbocycles. The van der Waals surface area contributed by atoms with E-state index in [1.807, 2.05) is 0 Å². The average Bonchev–Trinajstić information content (AvgIpc) is 2.11. The maximum Gasteiger partial charge on any atom is 0.156 e. The van der Waals surface area contributed by atoms with Gasteiger partial charge in [-0.1, -0.05) is 6.07 Å². The Hall–Kier alpha value is -0.940. The fourth-order valence-electron chi connectivity index (χ4n) is 1.15. The summed E-state index contributed by atoms with van der Waals surface area (Å²) in [5.74, 6) is -0.428. The highest BCUT2D eigenvalue weighted by Crippen LogP contribution is 2.18. The molecule has 0 aliphatic heterocycles. The summed E-state index contributed by atoms with van der Waals surface area (Å²) in [6, 6.07) is 4.37. The number of rotatable bonds is 3. The van der Waals surface area contributed by atoms with Gasteiger partial charge in [0.15, 0.2) is 11.1 Å². The molecular formula is C9H12FNO2S. The van der Waals surface area contributed by atoms with Crippen molar-refractivity contribution < 1.29 is 13.2 Å². The Morgan fingerprint density at radius 2 is 2.29 bits per heavy atom. The Morgan fingerprint density at radius 3 is 2.79 bits per heavy atom. The molecule has 1 rings (SSSR count). The zero-order chi connectivity index (χ0) is 10.7. The molecule has 0 spiro atoms. The van der Waals surface area contributed by atoms with Crippen molar-refractivity contribution >= 4 is 16.8 Å². The SMILES string of the molecule is CC(Cc1c(N)cccc1F)S(=O)O. The van der Waals surface area contributed by atoms with Gasteiger partial charge in [0.05, 0.1) is 5.25 Å². The third-order valence-electron chi connectivity index (χ3n) is 1.99. The molecule has 0 amide bonds. The summed E-state index contributed by atoms with van der Waals surface area (Å²) in [5, 5.41) is -0.519. The lowest BCUT2D eigenvalue weighted by atomic mass is 10.1. The Labute approximate surface area is 84.4 Å². The lowest BCUT2D eigenvalue weighted by Gasteiger charge is -2.10. The lowest BCUT2D eigenvalue weighted by molar-refractivity contribution is 0.547. The van der Waals surface area contributed by atoms with E-state index in [4.69, 9.17) is 10.3 Å². The predicted molar refractivity (Wildman–Crippen MR) is 54.7 cm³/mol. The monoisotopic (exact) mass is 217 g/mol. The van der Waals surface area contributed by atoms with Gasteiger partial charge in [-0.3, -0.25) is 0 Å². The van der Waals surface area contributed by atoms with Crippen molar-refractivity contribution in [2.45, 2.75) is 18.6 Å². The van der Waals surface area contributed by atoms with Crippen molar-refractivity contribution in [1.29, 1.82) is 0 Å². The minimum atomic E-state index is -1.95. The molecule has 78 valence electrons. The second kappa shape index (κ2) is 4.52. The van der Waals surface area contributed by atoms with Crippen LogP contribution < -0.4 is 5.73 Å². The van der Waals surface area contributed by atoms with Crippen LogP contribution in [0.1, 0.15) is 12.5 Å². The Kier molecular flexibility index (Phi) is 3.60. The summed E-state index contributed by atoms with van der Waals surface area (Å²) in [4.78, 5) is 0. The van der Waals surface area contributed by atoms with Crippen LogP contribution in [0.5, 0.6) is 0 Å². The Morgan fingerprint density at radius 1 is 1.64 bits per heavy atom. The van der Waals surface area contributed by atoms with Crippen LogP contribution in [-0.4, -0.2) is 14.0 Å². The first kappa shape index (κ1) is 11.1. The molecule has 0 fully saturated rings. The van der Waals surface area contributed by atoms with Crippen LogP contribution >= 0.6 is 0 Å². The van der Waals surface area contributed by atoms with E-state index in [0.29, 0.717) is 11.3 Å². The molecule has 0 bridgehead atoms. The van der Waals surface area contributed by atoms with Gasteiger partial charge in [0.1, 0.15) is 5.82 Å². The topological polar surface area (TPSA) is 63.3 Å². The van der Waals surface area contributed by atoms with Crippen LogP contribution in [0.4, 0.5) is 10.1 Å². The van der Waals surface area contributed by atoms with Gasteiger partial charge in [-0.15, -0.1) is 0 Å². The van der Waals surface area contributed by atoms with Gasteiger partial charge in [0, 0.05) is 11.3 Å². The highest BCUT2D eigenvalue weighted by atomic mass is 32.2. The maximum atomic E-state index is 13.2. The molecule has 0 heterocycles. The molecule has 1 aromatic carbocycles. The Bertz CT molecular complexity index is 336. The number of anilines is 1. The number of hydrogen-bond acceptors (Lipinski definition) is 2. The largest absolute Gasteiger partial charge is 0.398 e. The van der Waals surface area contributed by atoms with Crippen LogP contribution in [0, 0.1) is 5.82 Å². The van der Waals surface area contributed by atoms with E-state index in [2.05, 4.69) is 0 Å². The summed E-state index contributed by atoms with van der Waals surface area (Å²) >= 11 is -1.95. The molecule has 3 N–H and O–H groups in total. The van der Waals surface area contributed by atoms with Crippen LogP contribution in [0.3, 0.4) is 0 Å². The van der Waals surface area contributed by atoms with E-state index in [-0.39, 0.29) is 6.42 Å². The van der Waals surface area contributed by atoms with Crippen LogP contribution in [0.25, 0.3) is 0 Å². The molecule has 3 nitrogen and oxygen atoms in total. The standard InChI is InChI=1S/C9H12FNO2S/c1-6(14(12)13)5-7-8(10)3-2-4-9(7)11/h2-4,6H,5,11H2,1H3,(H,12,13). The van der Waals surface area contributed by atoms with Gasteiger partial charge < -0.3 is 10.3 Å². The quantitative estimate of drug-likeness (QED) is 0.596. The molecule has 1 aromatic rings. The average molecular weight is 217 g/mol. The second-order valence-electron chi connectivity index (χ2n) is 3.10. The lowest BCUT2D eigenvalue weighted by Crippen LogP contribution is -2.15. The van der Waals surface area contributed by atoms with E-state index in [1.54, 1.807) is 13.0 Å². The third-order valence-corrected chi connectivity index (χ3v) is 2.85. The maximum absolute atomic E-state index is 13.2. The summed E-state index contributed by atoms with van der Waals surface area (Å²) in [7, 11) is 0. The van der Waals surface area contributed by atoms with Gasteiger partial charge >= 0.3 is 0 Å². The summed E-state index contributed by atoms with van der Waals surface area (Å²) < 4.78 is 32.7. The molecule has 2 unspecified atom stereocenters. The highest BCUT2D eigenvalue weighted by molar-refractivity contribution is 7.79. The smallest absolute Gasteiger partial charge is 0.156 e. The van der Waals surface area contributed by atoms with Crippen molar-refractivity contribution in [2.24, 2.45) is 0 Å². The molecule has 2 atom stereocenters. The number of nitrogens with two attached hydrogens (primary N) is 1. The fourth-order valence-corrected chi connectivity index (χ4v) is 1.46. The fraction of sp³-hybridized carbons (Fsp3) is 0.333. The number of hydrogen-bond donors (Lipinski definition) is 2. The van der Waals surface area contributed by atoms with E-state index >= 15 is 0 Å². The minimum absolute atomic E-state index is 0.168.